The number of hydrogen-bond donors (Lipinski definition) is 1. The van der Waals surface area contributed by atoms with Gasteiger partial charge in [-0.3, -0.25) is 4.68 Å². The molecule has 98 valence electrons. The molecular formula is C13H18BrN3S. The van der Waals surface area contributed by atoms with Gasteiger partial charge in [0, 0.05) is 11.4 Å². The van der Waals surface area contributed by atoms with Crippen LogP contribution in [0.25, 0.3) is 0 Å². The lowest BCUT2D eigenvalue weighted by atomic mass is 10.1. The second kappa shape index (κ2) is 5.99. The molecule has 0 aromatic carbocycles. The maximum absolute atomic E-state index is 4.45. The van der Waals surface area contributed by atoms with E-state index in [0.717, 1.165) is 17.4 Å². The summed E-state index contributed by atoms with van der Waals surface area (Å²) in [7, 11) is 2.00. The summed E-state index contributed by atoms with van der Waals surface area (Å²) in [5.41, 5.74) is 2.54. The number of rotatable bonds is 5. The van der Waals surface area contributed by atoms with E-state index in [1.54, 1.807) is 11.3 Å². The first-order chi connectivity index (χ1) is 8.69. The topological polar surface area (TPSA) is 29.9 Å². The van der Waals surface area contributed by atoms with Gasteiger partial charge in [-0.15, -0.1) is 11.3 Å². The molecule has 1 N–H and O–H groups in total. The van der Waals surface area contributed by atoms with Crippen LogP contribution in [0.15, 0.2) is 22.1 Å². The van der Waals surface area contributed by atoms with E-state index in [1.165, 1.54) is 16.1 Å². The number of aromatic nitrogens is 2. The number of hydrogen-bond acceptors (Lipinski definition) is 3. The predicted octanol–water partition coefficient (Wildman–Crippen LogP) is 3.73. The van der Waals surface area contributed by atoms with Crippen LogP contribution >= 0.6 is 27.3 Å². The van der Waals surface area contributed by atoms with Crippen molar-refractivity contribution in [2.75, 3.05) is 7.05 Å². The van der Waals surface area contributed by atoms with E-state index in [0.29, 0.717) is 0 Å². The number of nitrogens with zero attached hydrogens (tertiary/aromatic N) is 2. The van der Waals surface area contributed by atoms with Crippen LogP contribution in [0, 0.1) is 6.92 Å². The van der Waals surface area contributed by atoms with Gasteiger partial charge in [-0.1, -0.05) is 6.92 Å². The standard InChI is InChI=1S/C13H18BrN3S/c1-4-6-17-12(10(14)8-16-17)11(15-3)13-9(2)5-7-18-13/h5,7-8,11,15H,4,6H2,1-3H3. The van der Waals surface area contributed by atoms with Crippen molar-refractivity contribution < 1.29 is 0 Å². The van der Waals surface area contributed by atoms with Crippen molar-refractivity contribution in [2.24, 2.45) is 0 Å². The van der Waals surface area contributed by atoms with Crippen molar-refractivity contribution in [1.82, 2.24) is 15.1 Å². The highest BCUT2D eigenvalue weighted by atomic mass is 79.9. The minimum atomic E-state index is 0.202. The number of halogens is 1. The van der Waals surface area contributed by atoms with Crippen LogP contribution < -0.4 is 5.32 Å². The Labute approximate surface area is 120 Å². The van der Waals surface area contributed by atoms with Gasteiger partial charge in [0.2, 0.25) is 0 Å². The summed E-state index contributed by atoms with van der Waals surface area (Å²) < 4.78 is 3.16. The summed E-state index contributed by atoms with van der Waals surface area (Å²) in [6.07, 6.45) is 2.97. The molecule has 0 amide bonds. The zero-order valence-electron chi connectivity index (χ0n) is 10.9. The Balaban J connectivity index is 2.45. The molecule has 0 bridgehead atoms. The third-order valence-electron chi connectivity index (χ3n) is 2.99. The Morgan fingerprint density at radius 2 is 2.33 bits per heavy atom. The second-order valence-electron chi connectivity index (χ2n) is 4.29. The monoisotopic (exact) mass is 327 g/mol. The molecule has 0 aliphatic heterocycles. The Morgan fingerprint density at radius 3 is 2.89 bits per heavy atom. The van der Waals surface area contributed by atoms with E-state index in [9.17, 15) is 0 Å². The first kappa shape index (κ1) is 13.8. The summed E-state index contributed by atoms with van der Waals surface area (Å²) in [6.45, 7) is 5.28. The quantitative estimate of drug-likeness (QED) is 0.906. The van der Waals surface area contributed by atoms with Gasteiger partial charge in [-0.05, 0) is 53.3 Å². The van der Waals surface area contributed by atoms with E-state index in [2.05, 4.69) is 56.3 Å². The molecular weight excluding hydrogens is 310 g/mol. The first-order valence-corrected chi connectivity index (χ1v) is 7.78. The minimum Gasteiger partial charge on any atom is -0.307 e. The largest absolute Gasteiger partial charge is 0.307 e. The SMILES string of the molecule is CCCn1ncc(Br)c1C(NC)c1sccc1C. The van der Waals surface area contributed by atoms with E-state index >= 15 is 0 Å². The third-order valence-corrected chi connectivity index (χ3v) is 4.69. The summed E-state index contributed by atoms with van der Waals surface area (Å²) >= 11 is 5.41. The van der Waals surface area contributed by atoms with E-state index < -0.39 is 0 Å². The number of thiophene rings is 1. The van der Waals surface area contributed by atoms with Gasteiger partial charge >= 0.3 is 0 Å². The van der Waals surface area contributed by atoms with Crippen LogP contribution in [0.3, 0.4) is 0 Å². The van der Waals surface area contributed by atoms with Crippen LogP contribution in [0.2, 0.25) is 0 Å². The molecule has 0 saturated carbocycles. The summed E-state index contributed by atoms with van der Waals surface area (Å²) in [5.74, 6) is 0. The molecule has 2 heterocycles. The average molecular weight is 328 g/mol. The molecule has 5 heteroatoms. The lowest BCUT2D eigenvalue weighted by Crippen LogP contribution is -2.21. The van der Waals surface area contributed by atoms with Crippen LogP contribution in [-0.2, 0) is 6.54 Å². The van der Waals surface area contributed by atoms with E-state index in [-0.39, 0.29) is 6.04 Å². The van der Waals surface area contributed by atoms with Gasteiger partial charge in [0.1, 0.15) is 0 Å². The molecule has 2 aromatic heterocycles. The van der Waals surface area contributed by atoms with Crippen LogP contribution in [0.1, 0.15) is 35.5 Å². The Hall–Kier alpha value is -0.650. The fourth-order valence-corrected chi connectivity index (χ4v) is 3.68. The fourth-order valence-electron chi connectivity index (χ4n) is 2.12. The molecule has 1 unspecified atom stereocenters. The smallest absolute Gasteiger partial charge is 0.0853 e. The molecule has 0 spiro atoms. The maximum Gasteiger partial charge on any atom is 0.0853 e. The summed E-state index contributed by atoms with van der Waals surface area (Å²) in [6, 6.07) is 2.37. The molecule has 0 fully saturated rings. The Morgan fingerprint density at radius 1 is 1.56 bits per heavy atom. The van der Waals surface area contributed by atoms with Crippen molar-refractivity contribution in [3.8, 4) is 0 Å². The molecule has 2 aromatic rings. The van der Waals surface area contributed by atoms with Crippen molar-refractivity contribution >= 4 is 27.3 Å². The second-order valence-corrected chi connectivity index (χ2v) is 6.09. The molecule has 1 atom stereocenters. The zero-order valence-corrected chi connectivity index (χ0v) is 13.3. The number of nitrogens with one attached hydrogen (secondary N) is 1. The Kier molecular flexibility index (Phi) is 4.59. The van der Waals surface area contributed by atoms with Gasteiger partial charge < -0.3 is 5.32 Å². The van der Waals surface area contributed by atoms with Gasteiger partial charge in [0.05, 0.1) is 22.4 Å². The molecule has 0 aliphatic rings. The average Bonchev–Trinajstić information content (AvgIpc) is 2.91. The highest BCUT2D eigenvalue weighted by Crippen LogP contribution is 2.33. The molecule has 2 rings (SSSR count). The fraction of sp³-hybridized carbons (Fsp3) is 0.462. The van der Waals surface area contributed by atoms with Crippen LogP contribution in [0.5, 0.6) is 0 Å². The highest BCUT2D eigenvalue weighted by molar-refractivity contribution is 9.10. The van der Waals surface area contributed by atoms with Crippen LogP contribution in [-0.4, -0.2) is 16.8 Å². The molecule has 0 aliphatic carbocycles. The molecule has 0 radical (unpaired) electrons. The molecule has 0 saturated heterocycles. The van der Waals surface area contributed by atoms with Gasteiger partial charge in [-0.25, -0.2) is 0 Å². The third kappa shape index (κ3) is 2.53. The predicted molar refractivity (Wildman–Crippen MR) is 80.2 cm³/mol. The zero-order chi connectivity index (χ0) is 13.1. The lowest BCUT2D eigenvalue weighted by molar-refractivity contribution is 0.536. The molecule has 3 nitrogen and oxygen atoms in total. The highest BCUT2D eigenvalue weighted by Gasteiger charge is 2.22. The maximum atomic E-state index is 4.45. The summed E-state index contributed by atoms with van der Waals surface area (Å²) in [5, 5.41) is 10.00. The van der Waals surface area contributed by atoms with Crippen molar-refractivity contribution in [2.45, 2.75) is 32.9 Å². The van der Waals surface area contributed by atoms with Gasteiger partial charge in [0.15, 0.2) is 0 Å². The van der Waals surface area contributed by atoms with Gasteiger partial charge in [0.25, 0.3) is 0 Å². The van der Waals surface area contributed by atoms with Crippen LogP contribution in [0.4, 0.5) is 0 Å². The minimum absolute atomic E-state index is 0.202. The summed E-state index contributed by atoms with van der Waals surface area (Å²) in [4.78, 5) is 1.36. The Bertz CT molecular complexity index is 518. The normalized spacial score (nSPS) is 12.9. The molecule has 18 heavy (non-hydrogen) atoms. The first-order valence-electron chi connectivity index (χ1n) is 6.11. The lowest BCUT2D eigenvalue weighted by Gasteiger charge is -2.18. The van der Waals surface area contributed by atoms with Crippen molar-refractivity contribution in [3.63, 3.8) is 0 Å². The van der Waals surface area contributed by atoms with Gasteiger partial charge in [-0.2, -0.15) is 5.10 Å². The van der Waals surface area contributed by atoms with E-state index in [1.807, 2.05) is 13.2 Å². The van der Waals surface area contributed by atoms with E-state index in [4.69, 9.17) is 0 Å². The number of aryl methyl sites for hydroxylation is 2. The van der Waals surface area contributed by atoms with Crippen molar-refractivity contribution in [1.29, 1.82) is 0 Å². The van der Waals surface area contributed by atoms with Crippen molar-refractivity contribution in [3.05, 3.63) is 38.3 Å².